The molecule has 1 N–H and O–H groups in total. The van der Waals surface area contributed by atoms with E-state index in [1.807, 2.05) is 0 Å². The van der Waals surface area contributed by atoms with Gasteiger partial charge in [0.15, 0.2) is 0 Å². The van der Waals surface area contributed by atoms with Crippen molar-refractivity contribution in [3.8, 4) is 11.3 Å². The van der Waals surface area contributed by atoms with Crippen LogP contribution in [-0.2, 0) is 11.2 Å². The summed E-state index contributed by atoms with van der Waals surface area (Å²) in [5, 5.41) is 10.1. The molecule has 1 aromatic heterocycles. The molecule has 2 aromatic rings. The Morgan fingerprint density at radius 2 is 1.65 bits per heavy atom. The van der Waals surface area contributed by atoms with E-state index in [9.17, 15) is 4.79 Å². The summed E-state index contributed by atoms with van der Waals surface area (Å²) in [6, 6.07) is 6.14. The number of nitrogens with zero attached hydrogens (tertiary/aromatic N) is 1. The van der Waals surface area contributed by atoms with Gasteiger partial charge in [0, 0.05) is 10.6 Å². The van der Waals surface area contributed by atoms with E-state index in [2.05, 4.69) is 4.98 Å². The zero-order chi connectivity index (χ0) is 14.9. The van der Waals surface area contributed by atoms with Crippen LogP contribution >= 0.6 is 46.4 Å². The minimum atomic E-state index is -0.987. The van der Waals surface area contributed by atoms with Crippen molar-refractivity contribution in [1.29, 1.82) is 0 Å². The van der Waals surface area contributed by atoms with Gasteiger partial charge in [-0.25, -0.2) is 0 Å². The lowest BCUT2D eigenvalue weighted by atomic mass is 10.1. The number of hydrogen-bond acceptors (Lipinski definition) is 2. The topological polar surface area (TPSA) is 50.2 Å². The summed E-state index contributed by atoms with van der Waals surface area (Å²) in [6.45, 7) is 0. The van der Waals surface area contributed by atoms with E-state index in [1.165, 1.54) is 18.2 Å². The van der Waals surface area contributed by atoms with Gasteiger partial charge in [-0.2, -0.15) is 0 Å². The van der Waals surface area contributed by atoms with E-state index >= 15 is 0 Å². The third-order valence-electron chi connectivity index (χ3n) is 2.48. The van der Waals surface area contributed by atoms with Crippen LogP contribution in [0, 0.1) is 0 Å². The number of rotatable bonds is 3. The Kier molecular flexibility index (Phi) is 4.76. The van der Waals surface area contributed by atoms with Crippen LogP contribution in [0.4, 0.5) is 0 Å². The number of benzene rings is 1. The van der Waals surface area contributed by atoms with E-state index in [4.69, 9.17) is 51.5 Å². The van der Waals surface area contributed by atoms with Crippen molar-refractivity contribution < 1.29 is 9.90 Å². The number of aliphatic carboxylic acids is 1. The first-order valence-electron chi connectivity index (χ1n) is 5.40. The van der Waals surface area contributed by atoms with Crippen LogP contribution in [-0.4, -0.2) is 16.1 Å². The van der Waals surface area contributed by atoms with Crippen LogP contribution in [0.15, 0.2) is 24.3 Å². The summed E-state index contributed by atoms with van der Waals surface area (Å²) < 4.78 is 0. The van der Waals surface area contributed by atoms with Gasteiger partial charge in [0.1, 0.15) is 0 Å². The predicted octanol–water partition coefficient (Wildman–Crippen LogP) is 4.99. The minimum absolute atomic E-state index is 0.215. The molecular formula is C13H7Cl4NO2. The molecule has 0 bridgehead atoms. The lowest BCUT2D eigenvalue weighted by molar-refractivity contribution is -0.136. The number of carboxylic acids is 1. The minimum Gasteiger partial charge on any atom is -0.481 e. The molecule has 0 radical (unpaired) electrons. The zero-order valence-corrected chi connectivity index (χ0v) is 12.9. The lowest BCUT2D eigenvalue weighted by Crippen LogP contribution is -2.03. The number of halogens is 4. The highest BCUT2D eigenvalue weighted by molar-refractivity contribution is 6.43. The van der Waals surface area contributed by atoms with Crippen LogP contribution in [0.3, 0.4) is 0 Å². The molecule has 2 rings (SSSR count). The molecule has 0 fully saturated rings. The quantitative estimate of drug-likeness (QED) is 0.848. The fourth-order valence-corrected chi connectivity index (χ4v) is 2.88. The van der Waals surface area contributed by atoms with Gasteiger partial charge < -0.3 is 5.11 Å². The van der Waals surface area contributed by atoms with E-state index in [0.717, 1.165) is 0 Å². The van der Waals surface area contributed by atoms with Crippen molar-refractivity contribution in [3.05, 3.63) is 50.0 Å². The molecule has 0 aliphatic carbocycles. The number of carboxylic acid groups (broad SMARTS) is 1. The molecule has 3 nitrogen and oxygen atoms in total. The second-order valence-electron chi connectivity index (χ2n) is 3.95. The van der Waals surface area contributed by atoms with Crippen LogP contribution in [0.1, 0.15) is 5.69 Å². The molecule has 7 heteroatoms. The van der Waals surface area contributed by atoms with Gasteiger partial charge in [0.25, 0.3) is 0 Å². The van der Waals surface area contributed by atoms with Crippen LogP contribution in [0.2, 0.25) is 20.1 Å². The molecule has 20 heavy (non-hydrogen) atoms. The van der Waals surface area contributed by atoms with Crippen LogP contribution in [0.5, 0.6) is 0 Å². The molecule has 1 aromatic carbocycles. The molecule has 0 saturated carbocycles. The van der Waals surface area contributed by atoms with Crippen molar-refractivity contribution in [3.63, 3.8) is 0 Å². The molecule has 0 amide bonds. The van der Waals surface area contributed by atoms with E-state index in [0.29, 0.717) is 37.0 Å². The second-order valence-corrected chi connectivity index (χ2v) is 5.61. The second kappa shape index (κ2) is 6.19. The molecule has 0 aliphatic heterocycles. The predicted molar refractivity (Wildman–Crippen MR) is 81.1 cm³/mol. The number of hydrogen-bond donors (Lipinski definition) is 1. The average molecular weight is 351 g/mol. The summed E-state index contributed by atoms with van der Waals surface area (Å²) in [5.41, 5.74) is 1.12. The molecule has 104 valence electrons. The first kappa shape index (κ1) is 15.4. The summed E-state index contributed by atoms with van der Waals surface area (Å²) >= 11 is 24.2. The SMILES string of the molecule is O=C(O)Cc1ccc(Cl)c(-c2c(Cl)cc(Cl)cc2Cl)n1. The summed E-state index contributed by atoms with van der Waals surface area (Å²) in [6.07, 6.45) is -0.215. The lowest BCUT2D eigenvalue weighted by Gasteiger charge is -2.10. The zero-order valence-electron chi connectivity index (χ0n) is 9.83. The Morgan fingerprint density at radius 3 is 2.20 bits per heavy atom. The normalized spacial score (nSPS) is 10.6. The molecule has 0 atom stereocenters. The number of carbonyl (C=O) groups is 1. The third-order valence-corrected chi connectivity index (χ3v) is 3.60. The van der Waals surface area contributed by atoms with Gasteiger partial charge in [0.05, 0.1) is 32.9 Å². The Labute approximate surface area is 135 Å². The van der Waals surface area contributed by atoms with E-state index < -0.39 is 5.97 Å². The van der Waals surface area contributed by atoms with Gasteiger partial charge in [-0.3, -0.25) is 9.78 Å². The van der Waals surface area contributed by atoms with Gasteiger partial charge in [-0.1, -0.05) is 46.4 Å². The number of pyridine rings is 1. The van der Waals surface area contributed by atoms with Crippen LogP contribution in [0.25, 0.3) is 11.3 Å². The molecule has 1 heterocycles. The Balaban J connectivity index is 2.60. The first-order chi connectivity index (χ1) is 9.38. The van der Waals surface area contributed by atoms with Crippen molar-refractivity contribution in [2.45, 2.75) is 6.42 Å². The van der Waals surface area contributed by atoms with Crippen molar-refractivity contribution in [2.75, 3.05) is 0 Å². The smallest absolute Gasteiger partial charge is 0.309 e. The highest BCUT2D eigenvalue weighted by atomic mass is 35.5. The molecule has 0 spiro atoms. The van der Waals surface area contributed by atoms with Gasteiger partial charge in [-0.05, 0) is 24.3 Å². The fourth-order valence-electron chi connectivity index (χ4n) is 1.68. The van der Waals surface area contributed by atoms with Crippen molar-refractivity contribution >= 4 is 52.4 Å². The fraction of sp³-hybridized carbons (Fsp3) is 0.0769. The van der Waals surface area contributed by atoms with Crippen molar-refractivity contribution in [1.82, 2.24) is 4.98 Å². The maximum atomic E-state index is 10.7. The molecular weight excluding hydrogens is 344 g/mol. The largest absolute Gasteiger partial charge is 0.481 e. The van der Waals surface area contributed by atoms with Gasteiger partial charge >= 0.3 is 5.97 Å². The maximum Gasteiger partial charge on any atom is 0.309 e. The van der Waals surface area contributed by atoms with Gasteiger partial charge in [0.2, 0.25) is 0 Å². The third kappa shape index (κ3) is 3.36. The summed E-state index contributed by atoms with van der Waals surface area (Å²) in [5.74, 6) is -0.987. The first-order valence-corrected chi connectivity index (χ1v) is 6.92. The Morgan fingerprint density at radius 1 is 1.05 bits per heavy atom. The van der Waals surface area contributed by atoms with Crippen molar-refractivity contribution in [2.24, 2.45) is 0 Å². The summed E-state index contributed by atoms with van der Waals surface area (Å²) in [4.78, 5) is 14.9. The van der Waals surface area contributed by atoms with Gasteiger partial charge in [-0.15, -0.1) is 0 Å². The van der Waals surface area contributed by atoms with Crippen LogP contribution < -0.4 is 0 Å². The number of aromatic nitrogens is 1. The maximum absolute atomic E-state index is 10.7. The molecule has 0 aliphatic rings. The summed E-state index contributed by atoms with van der Waals surface area (Å²) in [7, 11) is 0. The Bertz CT molecular complexity index is 665. The molecule has 0 saturated heterocycles. The van der Waals surface area contributed by atoms with E-state index in [-0.39, 0.29) is 6.42 Å². The average Bonchev–Trinajstić information content (AvgIpc) is 2.31. The Hall–Kier alpha value is -1.000. The molecule has 0 unspecified atom stereocenters. The highest BCUT2D eigenvalue weighted by Gasteiger charge is 2.16. The van der Waals surface area contributed by atoms with E-state index in [1.54, 1.807) is 6.07 Å². The standard InChI is InChI=1S/C13H7Cl4NO2/c14-6-3-9(16)12(10(17)4-6)13-8(15)2-1-7(18-13)5-11(19)20/h1-4H,5H2,(H,19,20). The monoisotopic (exact) mass is 349 g/mol. The highest BCUT2D eigenvalue weighted by Crippen LogP contribution is 2.39.